The average molecular weight is 351 g/mol. The van der Waals surface area contributed by atoms with Crippen LogP contribution < -0.4 is 4.90 Å². The second-order valence-electron chi connectivity index (χ2n) is 5.33. The number of anilines is 1. The van der Waals surface area contributed by atoms with Crippen LogP contribution in [0.25, 0.3) is 0 Å². The Morgan fingerprint density at radius 3 is 2.58 bits per heavy atom. The number of hydrogen-bond acceptors (Lipinski definition) is 6. The molecule has 1 aromatic heterocycles. The van der Waals surface area contributed by atoms with Crippen LogP contribution in [0.3, 0.4) is 0 Å². The number of esters is 1. The molecule has 7 nitrogen and oxygen atoms in total. The van der Waals surface area contributed by atoms with Crippen LogP contribution in [0.15, 0.2) is 6.07 Å². The van der Waals surface area contributed by atoms with Crippen LogP contribution >= 0.6 is 11.6 Å². The quantitative estimate of drug-likeness (QED) is 0.601. The summed E-state index contributed by atoms with van der Waals surface area (Å²) in [6.45, 7) is 5.78. The molecule has 8 heteroatoms. The maximum atomic E-state index is 12.2. The smallest absolute Gasteiger partial charge is 0.341 e. The Hall–Kier alpha value is -2.33. The van der Waals surface area contributed by atoms with E-state index in [1.165, 1.54) is 6.07 Å². The normalized spacial score (nSPS) is 14.2. The second kappa shape index (κ2) is 7.97. The van der Waals surface area contributed by atoms with Gasteiger partial charge in [-0.1, -0.05) is 0 Å². The Morgan fingerprint density at radius 1 is 1.38 bits per heavy atom. The molecule has 2 rings (SSSR count). The number of halogens is 1. The van der Waals surface area contributed by atoms with E-state index in [2.05, 4.69) is 4.98 Å². The summed E-state index contributed by atoms with van der Waals surface area (Å²) in [7, 11) is 0. The monoisotopic (exact) mass is 350 g/mol. The van der Waals surface area contributed by atoms with Crippen molar-refractivity contribution < 1.29 is 14.3 Å². The number of ether oxygens (including phenoxy) is 1. The zero-order valence-electron chi connectivity index (χ0n) is 13.7. The molecule has 1 saturated heterocycles. The number of piperazine rings is 1. The molecule has 0 radical (unpaired) electrons. The predicted octanol–water partition coefficient (Wildman–Crippen LogP) is 1.33. The van der Waals surface area contributed by atoms with Gasteiger partial charge in [-0.15, -0.1) is 11.6 Å². The highest BCUT2D eigenvalue weighted by molar-refractivity contribution is 6.27. The van der Waals surface area contributed by atoms with Crippen LogP contribution in [0.2, 0.25) is 0 Å². The van der Waals surface area contributed by atoms with Crippen molar-refractivity contribution in [2.24, 2.45) is 0 Å². The third-order valence-electron chi connectivity index (χ3n) is 3.85. The van der Waals surface area contributed by atoms with Crippen LogP contribution in [0.1, 0.15) is 28.5 Å². The molecule has 128 valence electrons. The first-order valence-electron chi connectivity index (χ1n) is 7.69. The van der Waals surface area contributed by atoms with Gasteiger partial charge in [0.2, 0.25) is 5.91 Å². The first kappa shape index (κ1) is 18.0. The molecule has 0 atom stereocenters. The molecule has 1 aromatic rings. The van der Waals surface area contributed by atoms with Crippen molar-refractivity contribution in [1.29, 1.82) is 5.26 Å². The third-order valence-corrected chi connectivity index (χ3v) is 4.08. The molecule has 1 fully saturated rings. The zero-order chi connectivity index (χ0) is 17.7. The van der Waals surface area contributed by atoms with E-state index in [1.54, 1.807) is 18.7 Å². The highest BCUT2D eigenvalue weighted by Crippen LogP contribution is 2.23. The molecule has 1 aliphatic rings. The van der Waals surface area contributed by atoms with E-state index >= 15 is 0 Å². The standard InChI is InChI=1S/C16H19ClN4O3/c1-3-24-16(23)13-8-12(10-18)11(2)19-15(13)21-6-4-20(5-7-21)14(22)9-17/h8H,3-7,9H2,1-2H3. The number of alkyl halides is 1. The number of hydrogen-bond donors (Lipinski definition) is 0. The molecule has 1 aliphatic heterocycles. The lowest BCUT2D eigenvalue weighted by atomic mass is 10.1. The summed E-state index contributed by atoms with van der Waals surface area (Å²) in [5.74, 6) is -0.160. The number of carbonyl (C=O) groups is 2. The molecule has 0 aliphatic carbocycles. The Kier molecular flexibility index (Phi) is 5.99. The summed E-state index contributed by atoms with van der Waals surface area (Å²) < 4.78 is 5.08. The molecule has 0 spiro atoms. The minimum atomic E-state index is -0.504. The lowest BCUT2D eigenvalue weighted by molar-refractivity contribution is -0.128. The number of nitriles is 1. The number of pyridine rings is 1. The van der Waals surface area contributed by atoms with Gasteiger partial charge in [0.25, 0.3) is 0 Å². The SMILES string of the molecule is CCOC(=O)c1cc(C#N)c(C)nc1N1CCN(C(=O)CCl)CC1. The third kappa shape index (κ3) is 3.77. The number of nitrogens with zero attached hydrogens (tertiary/aromatic N) is 4. The second-order valence-corrected chi connectivity index (χ2v) is 5.59. The topological polar surface area (TPSA) is 86.5 Å². The summed E-state index contributed by atoms with van der Waals surface area (Å²) in [5.41, 5.74) is 1.17. The average Bonchev–Trinajstić information content (AvgIpc) is 2.61. The first-order chi connectivity index (χ1) is 11.5. The van der Waals surface area contributed by atoms with Gasteiger partial charge in [0.15, 0.2) is 0 Å². The Morgan fingerprint density at radius 2 is 2.04 bits per heavy atom. The highest BCUT2D eigenvalue weighted by atomic mass is 35.5. The lowest BCUT2D eigenvalue weighted by Gasteiger charge is -2.36. The van der Waals surface area contributed by atoms with Crippen molar-refractivity contribution in [1.82, 2.24) is 9.88 Å². The van der Waals surface area contributed by atoms with Crippen molar-refractivity contribution in [3.63, 3.8) is 0 Å². The van der Waals surface area contributed by atoms with Gasteiger partial charge in [0, 0.05) is 26.2 Å². The molecule has 0 N–H and O–H groups in total. The van der Waals surface area contributed by atoms with Gasteiger partial charge in [0.1, 0.15) is 23.3 Å². The fourth-order valence-corrected chi connectivity index (χ4v) is 2.73. The number of amides is 1. The summed E-state index contributed by atoms with van der Waals surface area (Å²) in [6, 6.07) is 3.56. The number of rotatable bonds is 4. The van der Waals surface area contributed by atoms with Gasteiger partial charge < -0.3 is 14.5 Å². The molecule has 1 amide bonds. The maximum absolute atomic E-state index is 12.2. The first-order valence-corrected chi connectivity index (χ1v) is 8.22. The minimum absolute atomic E-state index is 0.0394. The van der Waals surface area contributed by atoms with Crippen LogP contribution in [0.5, 0.6) is 0 Å². The molecular weight excluding hydrogens is 332 g/mol. The highest BCUT2D eigenvalue weighted by Gasteiger charge is 2.26. The van der Waals surface area contributed by atoms with Crippen molar-refractivity contribution in [2.75, 3.05) is 43.6 Å². The number of aromatic nitrogens is 1. The molecule has 2 heterocycles. The van der Waals surface area contributed by atoms with Crippen LogP contribution in [-0.2, 0) is 9.53 Å². The Balaban J connectivity index is 2.29. The lowest BCUT2D eigenvalue weighted by Crippen LogP contribution is -2.49. The van der Waals surface area contributed by atoms with Gasteiger partial charge in [-0.05, 0) is 19.9 Å². The van der Waals surface area contributed by atoms with E-state index < -0.39 is 5.97 Å². The molecule has 0 aromatic carbocycles. The van der Waals surface area contributed by atoms with Gasteiger partial charge >= 0.3 is 5.97 Å². The van der Waals surface area contributed by atoms with E-state index in [4.69, 9.17) is 21.6 Å². The minimum Gasteiger partial charge on any atom is -0.462 e. The van der Waals surface area contributed by atoms with Crippen molar-refractivity contribution >= 4 is 29.3 Å². The number of carbonyl (C=O) groups excluding carboxylic acids is 2. The van der Waals surface area contributed by atoms with Crippen LogP contribution in [0.4, 0.5) is 5.82 Å². The van der Waals surface area contributed by atoms with Gasteiger partial charge in [-0.2, -0.15) is 5.26 Å². The fraction of sp³-hybridized carbons (Fsp3) is 0.500. The predicted molar refractivity (Wildman–Crippen MR) is 89.2 cm³/mol. The largest absolute Gasteiger partial charge is 0.462 e. The van der Waals surface area contributed by atoms with E-state index in [1.807, 2.05) is 11.0 Å². The fourth-order valence-electron chi connectivity index (χ4n) is 2.56. The molecule has 0 unspecified atom stereocenters. The van der Waals surface area contributed by atoms with E-state index in [9.17, 15) is 9.59 Å². The molecule has 0 saturated carbocycles. The van der Waals surface area contributed by atoms with Crippen LogP contribution in [0, 0.1) is 18.3 Å². The Bertz CT molecular complexity index is 679. The van der Waals surface area contributed by atoms with E-state index in [0.717, 1.165) is 0 Å². The molecule has 0 bridgehead atoms. The molecular formula is C16H19ClN4O3. The Labute approximate surface area is 145 Å². The van der Waals surface area contributed by atoms with Gasteiger partial charge in [-0.25, -0.2) is 9.78 Å². The van der Waals surface area contributed by atoms with Gasteiger partial charge in [-0.3, -0.25) is 4.79 Å². The number of aryl methyl sites for hydroxylation is 1. The van der Waals surface area contributed by atoms with Crippen LogP contribution in [-0.4, -0.2) is 60.4 Å². The van der Waals surface area contributed by atoms with Crippen molar-refractivity contribution in [3.05, 3.63) is 22.9 Å². The van der Waals surface area contributed by atoms with Gasteiger partial charge in [0.05, 0.1) is 17.9 Å². The van der Waals surface area contributed by atoms with Crippen molar-refractivity contribution in [3.8, 4) is 6.07 Å². The summed E-state index contributed by atoms with van der Waals surface area (Å²) in [5, 5.41) is 9.17. The summed E-state index contributed by atoms with van der Waals surface area (Å²) in [4.78, 5) is 31.9. The maximum Gasteiger partial charge on any atom is 0.341 e. The molecule has 24 heavy (non-hydrogen) atoms. The van der Waals surface area contributed by atoms with E-state index in [-0.39, 0.29) is 24.0 Å². The van der Waals surface area contributed by atoms with Crippen molar-refractivity contribution in [2.45, 2.75) is 13.8 Å². The zero-order valence-corrected chi connectivity index (χ0v) is 14.5. The summed E-state index contributed by atoms with van der Waals surface area (Å²) in [6.07, 6.45) is 0. The van der Waals surface area contributed by atoms with E-state index in [0.29, 0.717) is 43.3 Å². The summed E-state index contributed by atoms with van der Waals surface area (Å²) >= 11 is 5.59.